The maximum Gasteiger partial charge on any atom is 0.213 e. The molecule has 3 heterocycles. The summed E-state index contributed by atoms with van der Waals surface area (Å²) in [5.74, 6) is 2.99. The minimum absolute atomic E-state index is 0.412. The molecule has 0 spiro atoms. The van der Waals surface area contributed by atoms with Crippen molar-refractivity contribution >= 4 is 5.82 Å². The molecule has 0 radical (unpaired) electrons. The van der Waals surface area contributed by atoms with Crippen molar-refractivity contribution in [1.29, 1.82) is 0 Å². The SMILES string of the molecule is c1nc(C2CC2)cc(N2CCC(c3ncon3)CC2)n1. The van der Waals surface area contributed by atoms with E-state index in [2.05, 4.69) is 31.1 Å². The monoisotopic (exact) mass is 271 g/mol. The molecule has 2 aliphatic rings. The van der Waals surface area contributed by atoms with Gasteiger partial charge >= 0.3 is 0 Å². The highest BCUT2D eigenvalue weighted by Gasteiger charge is 2.27. The lowest BCUT2D eigenvalue weighted by molar-refractivity contribution is 0.392. The number of aromatic nitrogens is 4. The fourth-order valence-electron chi connectivity index (χ4n) is 2.86. The first-order chi connectivity index (χ1) is 9.90. The maximum atomic E-state index is 4.83. The summed E-state index contributed by atoms with van der Waals surface area (Å²) in [5, 5.41) is 3.95. The summed E-state index contributed by atoms with van der Waals surface area (Å²) in [5.41, 5.74) is 1.20. The van der Waals surface area contributed by atoms with E-state index in [-0.39, 0.29) is 0 Å². The molecule has 1 aliphatic heterocycles. The smallest absolute Gasteiger partial charge is 0.213 e. The van der Waals surface area contributed by atoms with Crippen molar-refractivity contribution < 1.29 is 4.52 Å². The lowest BCUT2D eigenvalue weighted by Gasteiger charge is -2.31. The van der Waals surface area contributed by atoms with Crippen molar-refractivity contribution in [3.05, 3.63) is 30.3 Å². The van der Waals surface area contributed by atoms with Crippen LogP contribution in [0.5, 0.6) is 0 Å². The molecule has 0 atom stereocenters. The molecule has 0 N–H and O–H groups in total. The molecule has 2 fully saturated rings. The average Bonchev–Trinajstić information content (AvgIpc) is 3.23. The first kappa shape index (κ1) is 11.8. The summed E-state index contributed by atoms with van der Waals surface area (Å²) in [6.45, 7) is 1.97. The summed E-state index contributed by atoms with van der Waals surface area (Å²) in [4.78, 5) is 15.3. The Labute approximate surface area is 117 Å². The van der Waals surface area contributed by atoms with Gasteiger partial charge in [0, 0.05) is 36.7 Å². The quantitative estimate of drug-likeness (QED) is 0.851. The van der Waals surface area contributed by atoms with Crippen LogP contribution in [0.4, 0.5) is 5.82 Å². The Balaban J connectivity index is 1.44. The van der Waals surface area contributed by atoms with Gasteiger partial charge in [-0.15, -0.1) is 0 Å². The Morgan fingerprint density at radius 3 is 2.55 bits per heavy atom. The van der Waals surface area contributed by atoms with Crippen LogP contribution in [0.25, 0.3) is 0 Å². The molecular weight excluding hydrogens is 254 g/mol. The van der Waals surface area contributed by atoms with Crippen LogP contribution in [0.1, 0.15) is 49.0 Å². The van der Waals surface area contributed by atoms with Crippen molar-refractivity contribution in [3.8, 4) is 0 Å². The summed E-state index contributed by atoms with van der Waals surface area (Å²) in [6.07, 6.45) is 7.75. The van der Waals surface area contributed by atoms with Crippen LogP contribution < -0.4 is 4.90 Å². The van der Waals surface area contributed by atoms with Gasteiger partial charge < -0.3 is 9.42 Å². The second-order valence-corrected chi connectivity index (χ2v) is 5.63. The van der Waals surface area contributed by atoms with Gasteiger partial charge in [0.2, 0.25) is 6.39 Å². The number of hydrogen-bond acceptors (Lipinski definition) is 6. The zero-order valence-corrected chi connectivity index (χ0v) is 11.3. The molecule has 1 aliphatic carbocycles. The third-order valence-electron chi connectivity index (χ3n) is 4.23. The Morgan fingerprint density at radius 1 is 1.00 bits per heavy atom. The van der Waals surface area contributed by atoms with Gasteiger partial charge in [-0.3, -0.25) is 0 Å². The maximum absolute atomic E-state index is 4.83. The normalized spacial score (nSPS) is 20.3. The van der Waals surface area contributed by atoms with Crippen LogP contribution in [0.15, 0.2) is 23.3 Å². The van der Waals surface area contributed by atoms with Crippen LogP contribution >= 0.6 is 0 Å². The number of anilines is 1. The van der Waals surface area contributed by atoms with Crippen molar-refractivity contribution in [2.75, 3.05) is 18.0 Å². The molecule has 6 heteroatoms. The first-order valence-corrected chi connectivity index (χ1v) is 7.23. The molecule has 104 valence electrons. The number of piperidine rings is 1. The summed E-state index contributed by atoms with van der Waals surface area (Å²) in [7, 11) is 0. The molecule has 1 saturated heterocycles. The van der Waals surface area contributed by atoms with E-state index in [1.54, 1.807) is 6.33 Å². The van der Waals surface area contributed by atoms with Crippen LogP contribution in [0.2, 0.25) is 0 Å². The van der Waals surface area contributed by atoms with E-state index < -0.39 is 0 Å². The molecule has 0 bridgehead atoms. The first-order valence-electron chi connectivity index (χ1n) is 7.23. The van der Waals surface area contributed by atoms with E-state index >= 15 is 0 Å². The zero-order chi connectivity index (χ0) is 13.4. The van der Waals surface area contributed by atoms with Crippen LogP contribution in [-0.4, -0.2) is 33.2 Å². The Kier molecular flexibility index (Phi) is 2.86. The van der Waals surface area contributed by atoms with Gasteiger partial charge in [-0.25, -0.2) is 9.97 Å². The molecule has 6 nitrogen and oxygen atoms in total. The third-order valence-corrected chi connectivity index (χ3v) is 4.23. The van der Waals surface area contributed by atoms with Crippen molar-refractivity contribution in [2.24, 2.45) is 0 Å². The standard InChI is InChI=1S/C14H17N5O/c1-2-10(1)12-7-13(16-8-15-12)19-5-3-11(4-6-19)14-17-9-20-18-14/h7-11H,1-6H2. The van der Waals surface area contributed by atoms with Gasteiger partial charge in [0.15, 0.2) is 5.82 Å². The molecule has 20 heavy (non-hydrogen) atoms. The van der Waals surface area contributed by atoms with Gasteiger partial charge in [-0.2, -0.15) is 4.98 Å². The topological polar surface area (TPSA) is 67.9 Å². The summed E-state index contributed by atoms with van der Waals surface area (Å²) >= 11 is 0. The van der Waals surface area contributed by atoms with E-state index in [9.17, 15) is 0 Å². The molecule has 0 unspecified atom stereocenters. The molecule has 4 rings (SSSR count). The Hall–Kier alpha value is -1.98. The van der Waals surface area contributed by atoms with E-state index in [4.69, 9.17) is 4.52 Å². The lowest BCUT2D eigenvalue weighted by Crippen LogP contribution is -2.33. The summed E-state index contributed by atoms with van der Waals surface area (Å²) < 4.78 is 4.83. The van der Waals surface area contributed by atoms with Gasteiger partial charge in [-0.05, 0) is 25.7 Å². The van der Waals surface area contributed by atoms with Crippen LogP contribution in [0, 0.1) is 0 Å². The fourth-order valence-corrected chi connectivity index (χ4v) is 2.86. The third kappa shape index (κ3) is 2.26. The predicted molar refractivity (Wildman–Crippen MR) is 72.5 cm³/mol. The number of rotatable bonds is 3. The van der Waals surface area contributed by atoms with Gasteiger partial charge in [0.05, 0.1) is 0 Å². The largest absolute Gasteiger partial charge is 0.356 e. The van der Waals surface area contributed by atoms with Crippen LogP contribution in [0.3, 0.4) is 0 Å². The molecule has 1 saturated carbocycles. The Bertz CT molecular complexity index is 573. The zero-order valence-electron chi connectivity index (χ0n) is 11.3. The van der Waals surface area contributed by atoms with E-state index in [0.29, 0.717) is 11.8 Å². The second-order valence-electron chi connectivity index (χ2n) is 5.63. The summed E-state index contributed by atoms with van der Waals surface area (Å²) in [6, 6.07) is 2.16. The van der Waals surface area contributed by atoms with Gasteiger partial charge in [-0.1, -0.05) is 5.16 Å². The van der Waals surface area contributed by atoms with Crippen molar-refractivity contribution in [2.45, 2.75) is 37.5 Å². The Morgan fingerprint density at radius 2 is 1.85 bits per heavy atom. The molecule has 0 amide bonds. The molecule has 0 aromatic carbocycles. The van der Waals surface area contributed by atoms with E-state index in [1.165, 1.54) is 24.9 Å². The predicted octanol–water partition coefficient (Wildman–Crippen LogP) is 2.12. The number of nitrogens with zero attached hydrogens (tertiary/aromatic N) is 5. The average molecular weight is 271 g/mol. The van der Waals surface area contributed by atoms with Gasteiger partial charge in [0.1, 0.15) is 12.1 Å². The highest BCUT2D eigenvalue weighted by Crippen LogP contribution is 2.39. The highest BCUT2D eigenvalue weighted by molar-refractivity contribution is 5.41. The fraction of sp³-hybridized carbons (Fsp3) is 0.571. The van der Waals surface area contributed by atoms with E-state index in [1.807, 2.05) is 0 Å². The number of hydrogen-bond donors (Lipinski definition) is 0. The lowest BCUT2D eigenvalue weighted by atomic mass is 9.96. The van der Waals surface area contributed by atoms with Crippen LogP contribution in [-0.2, 0) is 0 Å². The molecular formula is C14H17N5O. The minimum Gasteiger partial charge on any atom is -0.356 e. The van der Waals surface area contributed by atoms with Gasteiger partial charge in [0.25, 0.3) is 0 Å². The van der Waals surface area contributed by atoms with Crippen molar-refractivity contribution in [3.63, 3.8) is 0 Å². The highest BCUT2D eigenvalue weighted by atomic mass is 16.5. The molecule has 2 aromatic rings. The van der Waals surface area contributed by atoms with E-state index in [0.717, 1.165) is 37.6 Å². The molecule has 2 aromatic heterocycles. The minimum atomic E-state index is 0.412. The van der Waals surface area contributed by atoms with Crippen molar-refractivity contribution in [1.82, 2.24) is 20.1 Å². The second kappa shape index (κ2) is 4.85.